The quantitative estimate of drug-likeness (QED) is 0.821. The molecule has 17 heavy (non-hydrogen) atoms. The van der Waals surface area contributed by atoms with Crippen LogP contribution in [0.15, 0.2) is 12.1 Å². The fraction of sp³-hybridized carbons (Fsp3) is 0.538. The van der Waals surface area contributed by atoms with Crippen LogP contribution in [0.2, 0.25) is 0 Å². The number of carbonyl (C=O) groups is 1. The number of aryl methyl sites for hydroxylation is 2. The van der Waals surface area contributed by atoms with Gasteiger partial charge in [-0.25, -0.2) is 4.98 Å². The summed E-state index contributed by atoms with van der Waals surface area (Å²) in [6.45, 7) is 8.72. The number of nitrogens with zero attached hydrogens (tertiary/aromatic N) is 1. The fourth-order valence-electron chi connectivity index (χ4n) is 1.59. The van der Waals surface area contributed by atoms with E-state index in [9.17, 15) is 4.79 Å². The number of nitrogens with one attached hydrogen (secondary N) is 2. The van der Waals surface area contributed by atoms with E-state index in [0.717, 1.165) is 11.3 Å². The molecule has 0 aromatic carbocycles. The lowest BCUT2D eigenvalue weighted by Crippen LogP contribution is -2.27. The van der Waals surface area contributed by atoms with Gasteiger partial charge in [-0.3, -0.25) is 4.79 Å². The lowest BCUT2D eigenvalue weighted by molar-refractivity contribution is -0.116. The molecule has 4 nitrogen and oxygen atoms in total. The second-order valence-electron chi connectivity index (χ2n) is 4.58. The summed E-state index contributed by atoms with van der Waals surface area (Å²) in [5.41, 5.74) is 2.02. The van der Waals surface area contributed by atoms with Crippen LogP contribution in [-0.2, 0) is 4.79 Å². The zero-order valence-corrected chi connectivity index (χ0v) is 11.0. The van der Waals surface area contributed by atoms with Crippen molar-refractivity contribution in [3.63, 3.8) is 0 Å². The van der Waals surface area contributed by atoms with E-state index in [1.54, 1.807) is 0 Å². The Labute approximate surface area is 103 Å². The maximum absolute atomic E-state index is 11.6. The monoisotopic (exact) mass is 235 g/mol. The van der Waals surface area contributed by atoms with Gasteiger partial charge in [0.15, 0.2) is 0 Å². The van der Waals surface area contributed by atoms with E-state index in [0.29, 0.717) is 24.8 Å². The van der Waals surface area contributed by atoms with Crippen molar-refractivity contribution in [2.24, 2.45) is 0 Å². The third-order valence-corrected chi connectivity index (χ3v) is 2.27. The van der Waals surface area contributed by atoms with Crippen molar-refractivity contribution in [1.82, 2.24) is 10.3 Å². The Kier molecular flexibility index (Phi) is 5.10. The Morgan fingerprint density at radius 2 is 2.06 bits per heavy atom. The normalized spacial score (nSPS) is 10.6. The van der Waals surface area contributed by atoms with Gasteiger partial charge in [-0.2, -0.15) is 0 Å². The van der Waals surface area contributed by atoms with Crippen LogP contribution in [0.4, 0.5) is 5.82 Å². The highest BCUT2D eigenvalue weighted by atomic mass is 16.1. The molecule has 94 valence electrons. The topological polar surface area (TPSA) is 54.0 Å². The van der Waals surface area contributed by atoms with Crippen LogP contribution in [0.25, 0.3) is 0 Å². The van der Waals surface area contributed by atoms with E-state index in [1.807, 2.05) is 26.0 Å². The zero-order chi connectivity index (χ0) is 12.8. The number of aromatic nitrogens is 1. The fourth-order valence-corrected chi connectivity index (χ4v) is 1.59. The summed E-state index contributed by atoms with van der Waals surface area (Å²) in [5.74, 6) is 0.632. The number of pyridine rings is 1. The van der Waals surface area contributed by atoms with Crippen LogP contribution in [-0.4, -0.2) is 23.5 Å². The van der Waals surface area contributed by atoms with Gasteiger partial charge >= 0.3 is 0 Å². The molecule has 0 atom stereocenters. The molecule has 1 aromatic rings. The highest BCUT2D eigenvalue weighted by Crippen LogP contribution is 2.09. The third kappa shape index (κ3) is 5.45. The number of anilines is 1. The van der Waals surface area contributed by atoms with Crippen LogP contribution < -0.4 is 10.6 Å². The summed E-state index contributed by atoms with van der Waals surface area (Å²) < 4.78 is 0. The second kappa shape index (κ2) is 6.35. The minimum atomic E-state index is -0.00403. The molecule has 4 heteroatoms. The van der Waals surface area contributed by atoms with Gasteiger partial charge in [-0.05, 0) is 31.5 Å². The highest BCUT2D eigenvalue weighted by molar-refractivity contribution is 5.89. The first-order chi connectivity index (χ1) is 7.97. The minimum absolute atomic E-state index is 0.00403. The van der Waals surface area contributed by atoms with Crippen LogP contribution in [0.3, 0.4) is 0 Å². The smallest absolute Gasteiger partial charge is 0.226 e. The molecule has 0 aliphatic carbocycles. The van der Waals surface area contributed by atoms with Crippen molar-refractivity contribution in [3.8, 4) is 0 Å². The van der Waals surface area contributed by atoms with Gasteiger partial charge in [0.1, 0.15) is 5.82 Å². The molecule has 1 heterocycles. The van der Waals surface area contributed by atoms with E-state index < -0.39 is 0 Å². The van der Waals surface area contributed by atoms with Crippen molar-refractivity contribution in [3.05, 3.63) is 23.4 Å². The molecule has 0 fully saturated rings. The van der Waals surface area contributed by atoms with Gasteiger partial charge in [-0.15, -0.1) is 0 Å². The summed E-state index contributed by atoms with van der Waals surface area (Å²) in [4.78, 5) is 15.9. The average molecular weight is 235 g/mol. The molecule has 0 aliphatic heterocycles. The van der Waals surface area contributed by atoms with E-state index in [4.69, 9.17) is 0 Å². The molecule has 0 saturated heterocycles. The number of hydrogen-bond donors (Lipinski definition) is 2. The highest BCUT2D eigenvalue weighted by Gasteiger charge is 2.04. The predicted molar refractivity (Wildman–Crippen MR) is 70.1 cm³/mol. The lowest BCUT2D eigenvalue weighted by Gasteiger charge is -2.09. The molecule has 1 amide bonds. The molecule has 0 bridgehead atoms. The van der Waals surface area contributed by atoms with Crippen molar-refractivity contribution in [2.45, 2.75) is 40.2 Å². The number of amides is 1. The molecule has 1 rings (SSSR count). The first kappa shape index (κ1) is 13.6. The molecular formula is C13H21N3O. The van der Waals surface area contributed by atoms with Crippen LogP contribution >= 0.6 is 0 Å². The number of rotatable bonds is 5. The molecular weight excluding hydrogens is 214 g/mol. The SMILES string of the molecule is Cc1cc(C)nc(NC(=O)CCNC(C)C)c1. The summed E-state index contributed by atoms with van der Waals surface area (Å²) in [5, 5.41) is 6.01. The Balaban J connectivity index is 2.45. The largest absolute Gasteiger partial charge is 0.314 e. The molecule has 0 aliphatic rings. The maximum Gasteiger partial charge on any atom is 0.226 e. The van der Waals surface area contributed by atoms with Crippen molar-refractivity contribution in [1.29, 1.82) is 0 Å². The first-order valence-electron chi connectivity index (χ1n) is 5.96. The molecule has 0 unspecified atom stereocenters. The van der Waals surface area contributed by atoms with Gasteiger partial charge < -0.3 is 10.6 Å². The zero-order valence-electron chi connectivity index (χ0n) is 11.0. The van der Waals surface area contributed by atoms with Crippen molar-refractivity contribution >= 4 is 11.7 Å². The molecule has 0 radical (unpaired) electrons. The maximum atomic E-state index is 11.6. The summed E-state index contributed by atoms with van der Waals surface area (Å²) in [6, 6.07) is 4.26. The van der Waals surface area contributed by atoms with Gasteiger partial charge in [0, 0.05) is 24.7 Å². The standard InChI is InChI=1S/C13H21N3O/c1-9(2)14-6-5-13(17)16-12-8-10(3)7-11(4)15-12/h7-9,14H,5-6H2,1-4H3,(H,15,16,17). The third-order valence-electron chi connectivity index (χ3n) is 2.27. The Bertz CT molecular complexity index is 368. The van der Waals surface area contributed by atoms with Crippen molar-refractivity contribution in [2.75, 3.05) is 11.9 Å². The van der Waals surface area contributed by atoms with Gasteiger partial charge in [0.2, 0.25) is 5.91 Å². The Morgan fingerprint density at radius 3 is 2.65 bits per heavy atom. The molecule has 0 spiro atoms. The summed E-state index contributed by atoms with van der Waals surface area (Å²) in [7, 11) is 0. The van der Waals surface area contributed by atoms with Crippen LogP contribution in [0, 0.1) is 13.8 Å². The number of hydrogen-bond acceptors (Lipinski definition) is 3. The van der Waals surface area contributed by atoms with Crippen molar-refractivity contribution < 1.29 is 4.79 Å². The average Bonchev–Trinajstić information content (AvgIpc) is 2.14. The predicted octanol–water partition coefficient (Wildman–Crippen LogP) is 2.03. The van der Waals surface area contributed by atoms with Gasteiger partial charge in [-0.1, -0.05) is 13.8 Å². The molecule has 2 N–H and O–H groups in total. The second-order valence-corrected chi connectivity index (χ2v) is 4.58. The van der Waals surface area contributed by atoms with E-state index in [-0.39, 0.29) is 5.91 Å². The van der Waals surface area contributed by atoms with Crippen LogP contribution in [0.5, 0.6) is 0 Å². The van der Waals surface area contributed by atoms with Gasteiger partial charge in [0.25, 0.3) is 0 Å². The lowest BCUT2D eigenvalue weighted by atomic mass is 10.2. The van der Waals surface area contributed by atoms with Crippen LogP contribution in [0.1, 0.15) is 31.5 Å². The minimum Gasteiger partial charge on any atom is -0.314 e. The summed E-state index contributed by atoms with van der Waals surface area (Å²) in [6.07, 6.45) is 0.465. The van der Waals surface area contributed by atoms with E-state index in [2.05, 4.69) is 29.5 Å². The Hall–Kier alpha value is -1.42. The Morgan fingerprint density at radius 1 is 1.35 bits per heavy atom. The van der Waals surface area contributed by atoms with E-state index in [1.165, 1.54) is 0 Å². The summed E-state index contributed by atoms with van der Waals surface area (Å²) >= 11 is 0. The number of carbonyl (C=O) groups excluding carboxylic acids is 1. The first-order valence-corrected chi connectivity index (χ1v) is 5.96. The molecule has 1 aromatic heterocycles. The van der Waals surface area contributed by atoms with Gasteiger partial charge in [0.05, 0.1) is 0 Å². The van der Waals surface area contributed by atoms with E-state index >= 15 is 0 Å². The molecule has 0 saturated carbocycles.